The molecule has 10 nitrogen and oxygen atoms in total. The van der Waals surface area contributed by atoms with Crippen molar-refractivity contribution in [2.45, 2.75) is 13.8 Å². The highest BCUT2D eigenvalue weighted by Gasteiger charge is 2.17. The molecule has 180 valence electrons. The van der Waals surface area contributed by atoms with Crippen molar-refractivity contribution < 1.29 is 31.6 Å². The summed E-state index contributed by atoms with van der Waals surface area (Å²) in [6.45, 7) is 5.72. The molecule has 3 rings (SSSR count). The molecule has 0 saturated heterocycles. The van der Waals surface area contributed by atoms with E-state index in [2.05, 4.69) is 32.3 Å². The molecule has 1 aromatic heterocycles. The number of benzene rings is 2. The Bertz CT molecular complexity index is 1210. The Balaban J connectivity index is 0.000000569. The minimum atomic E-state index is -4.41. The predicted octanol–water partition coefficient (Wildman–Crippen LogP) is 3.37. The molecule has 0 fully saturated rings. The molecule has 12 heteroatoms. The summed E-state index contributed by atoms with van der Waals surface area (Å²) in [7, 11) is 0.0543. The summed E-state index contributed by atoms with van der Waals surface area (Å²) >= 11 is 1.58. The van der Waals surface area contributed by atoms with Gasteiger partial charge in [0.05, 0.1) is 37.7 Å². The number of hydrogen-bond acceptors (Lipinski definition) is 10. The van der Waals surface area contributed by atoms with Crippen LogP contribution in [0.1, 0.15) is 12.5 Å². The minimum absolute atomic E-state index is 0.140. The number of aliphatic hydroxyl groups excluding tert-OH is 1. The molecule has 0 aliphatic rings. The summed E-state index contributed by atoms with van der Waals surface area (Å²) in [6.07, 6.45) is 0. The first kappa shape index (κ1) is 26.6. The van der Waals surface area contributed by atoms with Crippen LogP contribution in [0.5, 0.6) is 5.75 Å². The average Bonchev–Trinajstić information content (AvgIpc) is 3.11. The Hall–Kier alpha value is -2.64. The molecular weight excluding hydrogens is 468 g/mol. The zero-order chi connectivity index (χ0) is 24.6. The van der Waals surface area contributed by atoms with Gasteiger partial charge in [-0.05, 0) is 66.2 Å². The number of aryl methyl sites for hydroxylation is 2. The average molecular weight is 497 g/mol. The van der Waals surface area contributed by atoms with Crippen molar-refractivity contribution in [1.29, 1.82) is 0 Å². The Morgan fingerprint density at radius 3 is 2.42 bits per heavy atom. The number of azo groups is 1. The van der Waals surface area contributed by atoms with Crippen LogP contribution >= 0.6 is 11.3 Å². The lowest BCUT2D eigenvalue weighted by atomic mass is 10.1. The number of fused-ring (bicyclic) bond motifs is 1. The summed E-state index contributed by atoms with van der Waals surface area (Å²) in [5, 5.41) is 19.0. The van der Waals surface area contributed by atoms with Crippen molar-refractivity contribution in [2.75, 3.05) is 38.8 Å². The van der Waals surface area contributed by atoms with Gasteiger partial charge < -0.3 is 19.3 Å². The number of hydrogen-bond donors (Lipinski definition) is 1. The van der Waals surface area contributed by atoms with Gasteiger partial charge in [0, 0.05) is 24.8 Å². The lowest BCUT2D eigenvalue weighted by Crippen LogP contribution is -2.26. The molecule has 0 radical (unpaired) electrons. The fourth-order valence-corrected chi connectivity index (χ4v) is 3.97. The molecule has 33 heavy (non-hydrogen) atoms. The summed E-state index contributed by atoms with van der Waals surface area (Å²) in [6, 6.07) is 12.1. The van der Waals surface area contributed by atoms with Crippen molar-refractivity contribution >= 4 is 48.5 Å². The molecule has 1 heterocycles. The molecule has 0 unspecified atom stereocenters. The van der Waals surface area contributed by atoms with Gasteiger partial charge >= 0.3 is 5.13 Å². The van der Waals surface area contributed by atoms with Gasteiger partial charge in [-0.1, -0.05) is 0 Å². The van der Waals surface area contributed by atoms with Crippen LogP contribution in [0.2, 0.25) is 0 Å². The van der Waals surface area contributed by atoms with Gasteiger partial charge in [0.15, 0.2) is 0 Å². The van der Waals surface area contributed by atoms with Crippen molar-refractivity contribution in [2.24, 2.45) is 17.3 Å². The summed E-state index contributed by atoms with van der Waals surface area (Å²) < 4.78 is 39.5. The van der Waals surface area contributed by atoms with Crippen LogP contribution in [-0.4, -0.2) is 52.0 Å². The van der Waals surface area contributed by atoms with Gasteiger partial charge in [0.1, 0.15) is 17.0 Å². The number of aromatic nitrogens is 1. The van der Waals surface area contributed by atoms with E-state index in [1.54, 1.807) is 18.4 Å². The lowest BCUT2D eigenvalue weighted by Gasteiger charge is -2.22. The van der Waals surface area contributed by atoms with Crippen LogP contribution < -0.4 is 14.2 Å². The zero-order valence-corrected chi connectivity index (χ0v) is 20.8. The van der Waals surface area contributed by atoms with Gasteiger partial charge in [-0.15, -0.1) is 0 Å². The summed E-state index contributed by atoms with van der Waals surface area (Å²) in [5.41, 5.74) is 4.08. The highest BCUT2D eigenvalue weighted by Crippen LogP contribution is 2.31. The smallest absolute Gasteiger partial charge is 0.409 e. The van der Waals surface area contributed by atoms with E-state index in [9.17, 15) is 18.1 Å². The first-order valence-electron chi connectivity index (χ1n) is 9.99. The van der Waals surface area contributed by atoms with Crippen molar-refractivity contribution in [3.8, 4) is 5.75 Å². The second-order valence-corrected chi connectivity index (χ2v) is 8.99. The summed E-state index contributed by atoms with van der Waals surface area (Å²) in [5.74, 6) is 0.836. The normalized spacial score (nSPS) is 11.5. The molecule has 0 spiro atoms. The SMILES string of the molecule is CCN(CCO)c1ccc(N=Nc2sc3cc(OC)ccc3[n+]2C)c(C)c1.COS(=O)(=O)[O-]. The Kier molecular flexibility index (Phi) is 9.68. The molecule has 0 atom stereocenters. The van der Waals surface area contributed by atoms with Crippen LogP contribution in [0.25, 0.3) is 10.2 Å². The van der Waals surface area contributed by atoms with E-state index in [-0.39, 0.29) is 6.61 Å². The van der Waals surface area contributed by atoms with Crippen LogP contribution in [0.4, 0.5) is 16.5 Å². The molecule has 0 amide bonds. The number of rotatable bonds is 8. The van der Waals surface area contributed by atoms with E-state index in [4.69, 9.17) is 4.74 Å². The maximum atomic E-state index is 9.22. The Morgan fingerprint density at radius 2 is 1.88 bits per heavy atom. The quantitative estimate of drug-likeness (QED) is 0.219. The van der Waals surface area contributed by atoms with Gasteiger partial charge in [0.2, 0.25) is 10.4 Å². The first-order chi connectivity index (χ1) is 15.6. The molecule has 3 aromatic rings. The first-order valence-corrected chi connectivity index (χ1v) is 12.1. The largest absolute Gasteiger partial charge is 0.726 e. The molecular formula is C21H28N4O6S2. The van der Waals surface area contributed by atoms with Crippen molar-refractivity contribution in [3.05, 3.63) is 42.0 Å². The second-order valence-electron chi connectivity index (χ2n) is 6.83. The van der Waals surface area contributed by atoms with E-state index in [1.807, 2.05) is 48.9 Å². The number of nitrogens with zero attached hydrogens (tertiary/aromatic N) is 4. The molecule has 2 aromatic carbocycles. The number of likely N-dealkylation sites (N-methyl/N-ethyl adjacent to an activating group) is 1. The number of ether oxygens (including phenoxy) is 1. The van der Waals surface area contributed by atoms with Gasteiger partial charge in [0.25, 0.3) is 0 Å². The molecule has 0 bridgehead atoms. The molecule has 0 saturated carbocycles. The third-order valence-corrected chi connectivity index (χ3v) is 6.25. The fourth-order valence-electron chi connectivity index (χ4n) is 2.97. The minimum Gasteiger partial charge on any atom is -0.726 e. The van der Waals surface area contributed by atoms with E-state index in [0.29, 0.717) is 6.54 Å². The monoisotopic (exact) mass is 496 g/mol. The van der Waals surface area contributed by atoms with E-state index >= 15 is 0 Å². The number of anilines is 1. The Labute approximate surface area is 197 Å². The third-order valence-electron chi connectivity index (χ3n) is 4.76. The van der Waals surface area contributed by atoms with E-state index in [0.717, 1.165) is 51.7 Å². The maximum Gasteiger partial charge on any atom is 0.409 e. The van der Waals surface area contributed by atoms with Crippen LogP contribution in [0, 0.1) is 6.92 Å². The standard InChI is InChI=1S/C20H25N4O2S.CH4O4S/c1-5-24(10-11-25)15-6-8-17(14(2)12-15)21-22-20-23(3)18-9-7-16(26-4)13-19(18)27-20;1-5-6(2,3)4/h6-9,12-13,25H,5,10-11H2,1-4H3;1H3,(H,2,3,4)/q+1;/p-1. The molecule has 0 aliphatic heterocycles. The predicted molar refractivity (Wildman–Crippen MR) is 127 cm³/mol. The number of aliphatic hydroxyl groups is 1. The zero-order valence-electron chi connectivity index (χ0n) is 19.2. The lowest BCUT2D eigenvalue weighted by molar-refractivity contribution is -0.627. The van der Waals surface area contributed by atoms with Crippen molar-refractivity contribution in [1.82, 2.24) is 0 Å². The second kappa shape index (κ2) is 12.0. The fraction of sp³-hybridized carbons (Fsp3) is 0.381. The number of thiazole rings is 1. The highest BCUT2D eigenvalue weighted by molar-refractivity contribution is 7.80. The Morgan fingerprint density at radius 1 is 1.18 bits per heavy atom. The van der Waals surface area contributed by atoms with Crippen molar-refractivity contribution in [3.63, 3.8) is 0 Å². The maximum absolute atomic E-state index is 9.22. The highest BCUT2D eigenvalue weighted by atomic mass is 32.3. The van der Waals surface area contributed by atoms with Gasteiger partial charge in [-0.25, -0.2) is 13.0 Å². The third kappa shape index (κ3) is 7.44. The van der Waals surface area contributed by atoms with Gasteiger partial charge in [-0.2, -0.15) is 0 Å². The van der Waals surface area contributed by atoms with E-state index < -0.39 is 10.4 Å². The van der Waals surface area contributed by atoms with Gasteiger partial charge in [-0.3, -0.25) is 4.18 Å². The van der Waals surface area contributed by atoms with E-state index in [1.165, 1.54) is 0 Å². The van der Waals surface area contributed by atoms with Crippen LogP contribution in [0.15, 0.2) is 46.6 Å². The molecule has 1 N–H and O–H groups in total. The number of methoxy groups -OCH3 is 1. The van der Waals surface area contributed by atoms with Crippen LogP contribution in [0.3, 0.4) is 0 Å². The van der Waals surface area contributed by atoms with Crippen LogP contribution in [-0.2, 0) is 21.6 Å². The molecule has 0 aliphatic carbocycles. The summed E-state index contributed by atoms with van der Waals surface area (Å²) in [4.78, 5) is 2.13. The topological polar surface area (TPSA) is 128 Å².